The molecule has 1 unspecified atom stereocenters. The Morgan fingerprint density at radius 3 is 2.88 bits per heavy atom. The third-order valence-corrected chi connectivity index (χ3v) is 5.10. The van der Waals surface area contributed by atoms with Crippen molar-refractivity contribution >= 4 is 12.0 Å². The van der Waals surface area contributed by atoms with Crippen molar-refractivity contribution in [3.05, 3.63) is 41.0 Å². The van der Waals surface area contributed by atoms with Crippen molar-refractivity contribution in [1.82, 2.24) is 0 Å². The van der Waals surface area contributed by atoms with E-state index in [0.717, 1.165) is 18.4 Å². The number of methoxy groups -OCH3 is 1. The second kappa shape index (κ2) is 6.00. The Kier molecular flexibility index (Phi) is 4.16. The van der Waals surface area contributed by atoms with E-state index in [1.807, 2.05) is 6.07 Å². The van der Waals surface area contributed by atoms with E-state index in [9.17, 15) is 9.90 Å². The number of hydrogen-bond donors (Lipinski definition) is 1. The molecule has 1 aliphatic heterocycles. The molecule has 0 spiro atoms. The summed E-state index contributed by atoms with van der Waals surface area (Å²) in [5, 5.41) is 10.6. The molecule has 24 heavy (non-hydrogen) atoms. The molecule has 0 fully saturated rings. The van der Waals surface area contributed by atoms with Gasteiger partial charge in [0.15, 0.2) is 0 Å². The standard InChI is InChI=1S/C20H24O4/c1-12-5-7-15-14(9-12)19-16(21)10-13(6-8-18(22)23-4)11-17(19)24-20(15,2)3/h6,8-11,14-15,21H,5,7H2,1-4H3/b8-6+/t14?,15-/m1/s1. The first-order valence-electron chi connectivity index (χ1n) is 8.31. The molecule has 0 amide bonds. The maximum atomic E-state index is 11.3. The average molecular weight is 328 g/mol. The van der Waals surface area contributed by atoms with Crippen LogP contribution in [0.25, 0.3) is 6.08 Å². The Hall–Kier alpha value is -2.23. The summed E-state index contributed by atoms with van der Waals surface area (Å²) in [4.78, 5) is 11.3. The molecule has 4 heteroatoms. The van der Waals surface area contributed by atoms with Gasteiger partial charge in [-0.15, -0.1) is 0 Å². The van der Waals surface area contributed by atoms with E-state index in [1.165, 1.54) is 18.8 Å². The molecule has 128 valence electrons. The van der Waals surface area contributed by atoms with Gasteiger partial charge < -0.3 is 14.6 Å². The summed E-state index contributed by atoms with van der Waals surface area (Å²) in [6.45, 7) is 6.36. The maximum absolute atomic E-state index is 11.3. The Labute approximate surface area is 142 Å². The molecular weight excluding hydrogens is 304 g/mol. The zero-order valence-corrected chi connectivity index (χ0v) is 14.6. The zero-order chi connectivity index (χ0) is 17.5. The number of carbonyl (C=O) groups is 1. The van der Waals surface area contributed by atoms with Gasteiger partial charge in [0.05, 0.1) is 7.11 Å². The smallest absolute Gasteiger partial charge is 0.330 e. The first-order valence-corrected chi connectivity index (χ1v) is 8.31. The van der Waals surface area contributed by atoms with E-state index in [2.05, 4.69) is 31.6 Å². The molecule has 1 heterocycles. The zero-order valence-electron chi connectivity index (χ0n) is 14.6. The Balaban J connectivity index is 2.06. The van der Waals surface area contributed by atoms with Crippen LogP contribution in [0, 0.1) is 5.92 Å². The molecule has 1 aliphatic carbocycles. The van der Waals surface area contributed by atoms with Crippen molar-refractivity contribution in [2.24, 2.45) is 5.92 Å². The van der Waals surface area contributed by atoms with Crippen LogP contribution in [-0.4, -0.2) is 23.8 Å². The van der Waals surface area contributed by atoms with E-state index in [4.69, 9.17) is 4.74 Å². The first-order chi connectivity index (χ1) is 11.3. The molecule has 2 atom stereocenters. The largest absolute Gasteiger partial charge is 0.507 e. The van der Waals surface area contributed by atoms with Crippen LogP contribution >= 0.6 is 0 Å². The summed E-state index contributed by atoms with van der Waals surface area (Å²) in [6.07, 6.45) is 7.35. The van der Waals surface area contributed by atoms with Crippen LogP contribution in [0.2, 0.25) is 0 Å². The van der Waals surface area contributed by atoms with E-state index < -0.39 is 5.97 Å². The molecule has 0 radical (unpaired) electrons. The average Bonchev–Trinajstić information content (AvgIpc) is 2.51. The van der Waals surface area contributed by atoms with Crippen molar-refractivity contribution in [1.29, 1.82) is 0 Å². The fourth-order valence-electron chi connectivity index (χ4n) is 3.87. The fraction of sp³-hybridized carbons (Fsp3) is 0.450. The van der Waals surface area contributed by atoms with Gasteiger partial charge >= 0.3 is 5.97 Å². The number of fused-ring (bicyclic) bond motifs is 3. The van der Waals surface area contributed by atoms with Gasteiger partial charge in [-0.1, -0.05) is 11.6 Å². The summed E-state index contributed by atoms with van der Waals surface area (Å²) in [5.74, 6) is 0.983. The quantitative estimate of drug-likeness (QED) is 0.502. The van der Waals surface area contributed by atoms with E-state index in [0.29, 0.717) is 17.2 Å². The molecule has 0 saturated carbocycles. The second-order valence-corrected chi connectivity index (χ2v) is 7.20. The van der Waals surface area contributed by atoms with Crippen molar-refractivity contribution in [3.8, 4) is 11.5 Å². The van der Waals surface area contributed by atoms with Gasteiger partial charge in [0.25, 0.3) is 0 Å². The lowest BCUT2D eigenvalue weighted by atomic mass is 9.68. The number of esters is 1. The van der Waals surface area contributed by atoms with Crippen molar-refractivity contribution in [3.63, 3.8) is 0 Å². The van der Waals surface area contributed by atoms with Crippen LogP contribution in [-0.2, 0) is 9.53 Å². The number of benzene rings is 1. The monoisotopic (exact) mass is 328 g/mol. The Bertz CT molecular complexity index is 727. The summed E-state index contributed by atoms with van der Waals surface area (Å²) in [7, 11) is 1.33. The van der Waals surface area contributed by atoms with Crippen molar-refractivity contribution < 1.29 is 19.4 Å². The van der Waals surface area contributed by atoms with Crippen LogP contribution in [0.15, 0.2) is 29.9 Å². The molecule has 4 nitrogen and oxygen atoms in total. The fourth-order valence-corrected chi connectivity index (χ4v) is 3.87. The Morgan fingerprint density at radius 1 is 1.42 bits per heavy atom. The first kappa shape index (κ1) is 16.6. The molecule has 1 aromatic carbocycles. The van der Waals surface area contributed by atoms with Crippen LogP contribution in [0.3, 0.4) is 0 Å². The summed E-state index contributed by atoms with van der Waals surface area (Å²) >= 11 is 0. The number of allylic oxidation sites excluding steroid dienone is 2. The van der Waals surface area contributed by atoms with E-state index >= 15 is 0 Å². The highest BCUT2D eigenvalue weighted by molar-refractivity contribution is 5.87. The number of phenols is 1. The number of ether oxygens (including phenoxy) is 2. The highest BCUT2D eigenvalue weighted by Crippen LogP contribution is 2.53. The SMILES string of the molecule is COC(=O)/C=C/c1cc(O)c2c(c1)OC(C)(C)[C@@H]1CCC(C)=CC21. The number of hydrogen-bond acceptors (Lipinski definition) is 4. The summed E-state index contributed by atoms with van der Waals surface area (Å²) in [6, 6.07) is 3.55. The van der Waals surface area contributed by atoms with E-state index in [1.54, 1.807) is 12.1 Å². The van der Waals surface area contributed by atoms with Crippen LogP contribution in [0.5, 0.6) is 11.5 Å². The number of phenolic OH excluding ortho intramolecular Hbond substituents is 1. The normalized spacial score (nSPS) is 24.6. The number of carbonyl (C=O) groups excluding carboxylic acids is 1. The third-order valence-electron chi connectivity index (χ3n) is 5.10. The minimum absolute atomic E-state index is 0.163. The lowest BCUT2D eigenvalue weighted by Crippen LogP contribution is -2.45. The molecule has 1 aromatic rings. The molecular formula is C20H24O4. The highest BCUT2D eigenvalue weighted by Gasteiger charge is 2.45. The molecule has 3 rings (SSSR count). The van der Waals surface area contributed by atoms with Crippen LogP contribution < -0.4 is 4.74 Å². The van der Waals surface area contributed by atoms with Gasteiger partial charge in [-0.25, -0.2) is 4.79 Å². The lowest BCUT2D eigenvalue weighted by Gasteiger charge is -2.46. The Morgan fingerprint density at radius 2 is 2.17 bits per heavy atom. The summed E-state index contributed by atoms with van der Waals surface area (Å²) in [5.41, 5.74) is 2.62. The van der Waals surface area contributed by atoms with Crippen molar-refractivity contribution in [2.75, 3.05) is 7.11 Å². The topological polar surface area (TPSA) is 55.8 Å². The van der Waals surface area contributed by atoms with Crippen LogP contribution in [0.1, 0.15) is 50.7 Å². The van der Waals surface area contributed by atoms with Gasteiger partial charge in [0.1, 0.15) is 17.1 Å². The second-order valence-electron chi connectivity index (χ2n) is 7.20. The lowest BCUT2D eigenvalue weighted by molar-refractivity contribution is -0.134. The molecule has 0 aromatic heterocycles. The minimum Gasteiger partial charge on any atom is -0.507 e. The van der Waals surface area contributed by atoms with Crippen LogP contribution in [0.4, 0.5) is 0 Å². The molecule has 1 N–H and O–H groups in total. The molecule has 0 saturated heterocycles. The van der Waals surface area contributed by atoms with Gasteiger partial charge in [-0.2, -0.15) is 0 Å². The predicted octanol–water partition coefficient (Wildman–Crippen LogP) is 4.19. The minimum atomic E-state index is -0.431. The molecule has 2 aliphatic rings. The number of aromatic hydroxyl groups is 1. The van der Waals surface area contributed by atoms with Crippen molar-refractivity contribution in [2.45, 2.75) is 45.1 Å². The molecule has 0 bridgehead atoms. The van der Waals surface area contributed by atoms with E-state index in [-0.39, 0.29) is 17.3 Å². The summed E-state index contributed by atoms with van der Waals surface area (Å²) < 4.78 is 10.8. The predicted molar refractivity (Wildman–Crippen MR) is 93.1 cm³/mol. The van der Waals surface area contributed by atoms with Gasteiger partial charge in [-0.3, -0.25) is 0 Å². The maximum Gasteiger partial charge on any atom is 0.330 e. The highest BCUT2D eigenvalue weighted by atomic mass is 16.5. The van der Waals surface area contributed by atoms with Gasteiger partial charge in [-0.05, 0) is 57.4 Å². The third kappa shape index (κ3) is 2.93. The van der Waals surface area contributed by atoms with Gasteiger partial charge in [0, 0.05) is 23.5 Å². The number of rotatable bonds is 2. The van der Waals surface area contributed by atoms with Gasteiger partial charge in [0.2, 0.25) is 0 Å².